The fourth-order valence-corrected chi connectivity index (χ4v) is 3.48. The Kier molecular flexibility index (Phi) is 6.32. The van der Waals surface area contributed by atoms with Crippen molar-refractivity contribution in [2.24, 2.45) is 0 Å². The Bertz CT molecular complexity index is 816. The van der Waals surface area contributed by atoms with E-state index < -0.39 is 23.7 Å². The summed E-state index contributed by atoms with van der Waals surface area (Å²) in [4.78, 5) is 50.2. The van der Waals surface area contributed by atoms with Crippen LogP contribution in [0.1, 0.15) is 5.56 Å². The van der Waals surface area contributed by atoms with E-state index in [1.807, 2.05) is 0 Å². The number of carbonyl (C=O) groups excluding carboxylic acids is 3. The normalized spacial score (nSPS) is 18.6. The van der Waals surface area contributed by atoms with Crippen molar-refractivity contribution in [3.05, 3.63) is 34.7 Å². The van der Waals surface area contributed by atoms with Crippen molar-refractivity contribution in [3.63, 3.8) is 0 Å². The van der Waals surface area contributed by atoms with E-state index in [1.54, 1.807) is 35.2 Å². The third-order valence-electron chi connectivity index (χ3n) is 4.07. The molecule has 2 aliphatic heterocycles. The highest BCUT2D eigenvalue weighted by molar-refractivity contribution is 8.18. The molecule has 10 heteroatoms. The quantitative estimate of drug-likeness (QED) is 0.698. The van der Waals surface area contributed by atoms with Crippen molar-refractivity contribution in [1.29, 1.82) is 0 Å². The van der Waals surface area contributed by atoms with E-state index in [0.29, 0.717) is 37.6 Å². The fourth-order valence-electron chi connectivity index (χ4n) is 2.64. The number of carboxylic acid groups (broad SMARTS) is 1. The molecule has 3 amide bonds. The molecule has 2 heterocycles. The zero-order valence-electron chi connectivity index (χ0n) is 14.8. The van der Waals surface area contributed by atoms with Crippen LogP contribution in [0.3, 0.4) is 0 Å². The zero-order chi connectivity index (χ0) is 20.1. The maximum atomic E-state index is 12.5. The molecule has 0 aliphatic carbocycles. The van der Waals surface area contributed by atoms with Gasteiger partial charge < -0.3 is 19.5 Å². The van der Waals surface area contributed by atoms with Crippen molar-refractivity contribution in [1.82, 2.24) is 9.80 Å². The van der Waals surface area contributed by atoms with Crippen molar-refractivity contribution in [2.45, 2.75) is 0 Å². The number of carboxylic acids is 1. The first-order valence-electron chi connectivity index (χ1n) is 8.49. The number of ether oxygens (including phenoxy) is 2. The van der Waals surface area contributed by atoms with E-state index in [4.69, 9.17) is 14.6 Å². The second-order valence-electron chi connectivity index (χ2n) is 6.01. The number of hydrogen-bond donors (Lipinski definition) is 1. The molecule has 0 radical (unpaired) electrons. The lowest BCUT2D eigenvalue weighted by Crippen LogP contribution is -2.46. The SMILES string of the molecule is O=C(O)COc1ccc(/C=C2/SC(=O)N(CC(=O)N3CCOCC3)C2=O)cc1. The number of rotatable bonds is 6. The summed E-state index contributed by atoms with van der Waals surface area (Å²) in [6.45, 7) is 1.04. The molecular weight excluding hydrogens is 388 g/mol. The van der Waals surface area contributed by atoms with Gasteiger partial charge in [-0.25, -0.2) is 4.79 Å². The Morgan fingerprint density at radius 3 is 2.50 bits per heavy atom. The topological polar surface area (TPSA) is 113 Å². The van der Waals surface area contributed by atoms with Crippen molar-refractivity contribution < 1.29 is 33.8 Å². The summed E-state index contributed by atoms with van der Waals surface area (Å²) in [6, 6.07) is 6.43. The smallest absolute Gasteiger partial charge is 0.341 e. The number of hydrogen-bond acceptors (Lipinski definition) is 7. The molecule has 148 valence electrons. The molecule has 1 aromatic rings. The van der Waals surface area contributed by atoms with Crippen LogP contribution in [-0.2, 0) is 19.1 Å². The molecule has 0 bridgehead atoms. The molecule has 2 saturated heterocycles. The van der Waals surface area contributed by atoms with Gasteiger partial charge in [0, 0.05) is 13.1 Å². The first-order chi connectivity index (χ1) is 13.4. The van der Waals surface area contributed by atoms with Crippen molar-refractivity contribution in [3.8, 4) is 5.75 Å². The van der Waals surface area contributed by atoms with E-state index in [0.717, 1.165) is 16.7 Å². The maximum Gasteiger partial charge on any atom is 0.341 e. The van der Waals surface area contributed by atoms with Crippen LogP contribution in [0.4, 0.5) is 4.79 Å². The highest BCUT2D eigenvalue weighted by atomic mass is 32.2. The number of imide groups is 1. The first-order valence-corrected chi connectivity index (χ1v) is 9.31. The van der Waals surface area contributed by atoms with Gasteiger partial charge in [-0.15, -0.1) is 0 Å². The predicted molar refractivity (Wildman–Crippen MR) is 99.6 cm³/mol. The maximum absolute atomic E-state index is 12.5. The molecule has 9 nitrogen and oxygen atoms in total. The van der Waals surface area contributed by atoms with Gasteiger partial charge in [0.1, 0.15) is 12.3 Å². The lowest BCUT2D eigenvalue weighted by molar-refractivity contribution is -0.139. The summed E-state index contributed by atoms with van der Waals surface area (Å²) in [5.74, 6) is -1.50. The minimum Gasteiger partial charge on any atom is -0.482 e. The van der Waals surface area contributed by atoms with Crippen LogP contribution in [0.5, 0.6) is 5.75 Å². The standard InChI is InChI=1S/C18H18N2O7S/c21-15(19-5-7-26-8-6-19)10-20-17(24)14(28-18(20)25)9-12-1-3-13(4-2-12)27-11-16(22)23/h1-4,9H,5-8,10-11H2,(H,22,23)/b14-9+. The number of benzene rings is 1. The van der Waals surface area contributed by atoms with Gasteiger partial charge in [0.15, 0.2) is 6.61 Å². The Labute approximate surface area is 164 Å². The summed E-state index contributed by atoms with van der Waals surface area (Å²) in [5.41, 5.74) is 0.646. The Balaban J connectivity index is 1.63. The Morgan fingerprint density at radius 1 is 1.18 bits per heavy atom. The van der Waals surface area contributed by atoms with Gasteiger partial charge in [-0.3, -0.25) is 19.3 Å². The first kappa shape index (κ1) is 19.9. The summed E-state index contributed by atoms with van der Waals surface area (Å²) >= 11 is 0.778. The highest BCUT2D eigenvalue weighted by Crippen LogP contribution is 2.32. The average molecular weight is 406 g/mol. The minimum atomic E-state index is -1.08. The van der Waals surface area contributed by atoms with Gasteiger partial charge in [-0.2, -0.15) is 0 Å². The summed E-state index contributed by atoms with van der Waals surface area (Å²) in [5, 5.41) is 8.11. The molecular formula is C18H18N2O7S. The molecule has 28 heavy (non-hydrogen) atoms. The van der Waals surface area contributed by atoms with Gasteiger partial charge >= 0.3 is 5.97 Å². The van der Waals surface area contributed by atoms with E-state index >= 15 is 0 Å². The number of carbonyl (C=O) groups is 4. The lowest BCUT2D eigenvalue weighted by atomic mass is 10.2. The largest absolute Gasteiger partial charge is 0.482 e. The van der Waals surface area contributed by atoms with Crippen LogP contribution < -0.4 is 4.74 Å². The predicted octanol–water partition coefficient (Wildman–Crippen LogP) is 1.05. The van der Waals surface area contributed by atoms with E-state index in [9.17, 15) is 19.2 Å². The monoisotopic (exact) mass is 406 g/mol. The summed E-state index contributed by atoms with van der Waals surface area (Å²) in [6.07, 6.45) is 1.55. The van der Waals surface area contributed by atoms with E-state index in [2.05, 4.69) is 0 Å². The minimum absolute atomic E-state index is 0.221. The number of nitrogens with zero attached hydrogens (tertiary/aromatic N) is 2. The van der Waals surface area contributed by atoms with Gasteiger partial charge in [-0.05, 0) is 35.5 Å². The molecule has 0 aromatic heterocycles. The summed E-state index contributed by atoms with van der Waals surface area (Å²) in [7, 11) is 0. The van der Waals surface area contributed by atoms with Gasteiger partial charge in [-0.1, -0.05) is 12.1 Å². The van der Waals surface area contributed by atoms with Gasteiger partial charge in [0.05, 0.1) is 18.1 Å². The van der Waals surface area contributed by atoms with Crippen LogP contribution in [0.15, 0.2) is 29.2 Å². The Morgan fingerprint density at radius 2 is 1.86 bits per heavy atom. The van der Waals surface area contributed by atoms with E-state index in [-0.39, 0.29) is 17.4 Å². The molecule has 1 N–H and O–H groups in total. The summed E-state index contributed by atoms with van der Waals surface area (Å²) < 4.78 is 10.2. The van der Waals surface area contributed by atoms with Gasteiger partial charge in [0.2, 0.25) is 5.91 Å². The van der Waals surface area contributed by atoms with Crippen LogP contribution in [0, 0.1) is 0 Å². The number of morpholine rings is 1. The van der Waals surface area contributed by atoms with Crippen LogP contribution in [0.2, 0.25) is 0 Å². The van der Waals surface area contributed by atoms with Gasteiger partial charge in [0.25, 0.3) is 11.1 Å². The molecule has 1 aromatic carbocycles. The number of amides is 3. The Hall–Kier alpha value is -2.85. The lowest BCUT2D eigenvalue weighted by Gasteiger charge is -2.28. The molecule has 0 unspecified atom stereocenters. The third-order valence-corrected chi connectivity index (χ3v) is 4.98. The second kappa shape index (κ2) is 8.89. The highest BCUT2D eigenvalue weighted by Gasteiger charge is 2.37. The van der Waals surface area contributed by atoms with Crippen LogP contribution in [0.25, 0.3) is 6.08 Å². The molecule has 0 saturated carbocycles. The van der Waals surface area contributed by atoms with E-state index in [1.165, 1.54) is 0 Å². The molecule has 0 atom stereocenters. The second-order valence-corrected chi connectivity index (χ2v) is 7.01. The number of aliphatic carboxylic acids is 1. The third kappa shape index (κ3) is 4.90. The molecule has 2 aliphatic rings. The van der Waals surface area contributed by atoms with Crippen molar-refractivity contribution in [2.75, 3.05) is 39.5 Å². The van der Waals surface area contributed by atoms with Crippen molar-refractivity contribution >= 4 is 40.9 Å². The fraction of sp³-hybridized carbons (Fsp3) is 0.333. The molecule has 0 spiro atoms. The molecule has 2 fully saturated rings. The van der Waals surface area contributed by atoms with Crippen LogP contribution in [-0.4, -0.2) is 77.4 Å². The van der Waals surface area contributed by atoms with Crippen LogP contribution >= 0.6 is 11.8 Å². The average Bonchev–Trinajstić information content (AvgIpc) is 2.95. The number of thioether (sulfide) groups is 1. The molecule has 3 rings (SSSR count). The zero-order valence-corrected chi connectivity index (χ0v) is 15.6.